The van der Waals surface area contributed by atoms with Gasteiger partial charge in [0.1, 0.15) is 5.75 Å². The van der Waals surface area contributed by atoms with E-state index >= 15 is 0 Å². The van der Waals surface area contributed by atoms with Crippen LogP contribution in [0.2, 0.25) is 0 Å². The minimum absolute atomic E-state index is 0.157. The molecule has 4 N–H and O–H groups in total. The molecule has 1 heterocycles. The lowest BCUT2D eigenvalue weighted by Crippen LogP contribution is -2.25. The molecule has 0 saturated carbocycles. The van der Waals surface area contributed by atoms with Crippen LogP contribution >= 0.6 is 23.6 Å². The molecule has 3 aromatic rings. The largest absolute Gasteiger partial charge is 0.506 e. The minimum atomic E-state index is -1.01. The summed E-state index contributed by atoms with van der Waals surface area (Å²) >= 11 is 6.67. The Labute approximate surface area is 183 Å². The third-order valence-corrected chi connectivity index (χ3v) is 5.83. The van der Waals surface area contributed by atoms with Gasteiger partial charge in [0.2, 0.25) is 0 Å². The van der Waals surface area contributed by atoms with Crippen LogP contribution in [-0.2, 0) is 0 Å². The van der Waals surface area contributed by atoms with E-state index in [9.17, 15) is 9.90 Å². The van der Waals surface area contributed by atoms with Crippen molar-refractivity contribution in [3.8, 4) is 16.2 Å². The maximum Gasteiger partial charge on any atom is 0.335 e. The SMILES string of the molecule is CC(=NNC(=S)Nc1cccc(C(=O)O)c1)c1csc(-c2ccc(C)c(C)c2)c1O. The van der Waals surface area contributed by atoms with E-state index < -0.39 is 5.97 Å². The first-order chi connectivity index (χ1) is 14.3. The van der Waals surface area contributed by atoms with Crippen molar-refractivity contribution in [2.75, 3.05) is 5.32 Å². The highest BCUT2D eigenvalue weighted by molar-refractivity contribution is 7.80. The van der Waals surface area contributed by atoms with Gasteiger partial charge in [-0.05, 0) is 67.9 Å². The van der Waals surface area contributed by atoms with Crippen LogP contribution in [0.5, 0.6) is 5.75 Å². The van der Waals surface area contributed by atoms with Gasteiger partial charge in [0, 0.05) is 11.1 Å². The Morgan fingerprint density at radius 2 is 1.90 bits per heavy atom. The smallest absolute Gasteiger partial charge is 0.335 e. The topological polar surface area (TPSA) is 94.0 Å². The summed E-state index contributed by atoms with van der Waals surface area (Å²) in [7, 11) is 0. The molecule has 0 unspecified atom stereocenters. The van der Waals surface area contributed by atoms with Gasteiger partial charge in [0.15, 0.2) is 5.11 Å². The number of aromatic carboxylic acids is 1. The number of thiocarbonyl (C=S) groups is 1. The lowest BCUT2D eigenvalue weighted by atomic mass is 10.0. The Balaban J connectivity index is 1.72. The molecule has 154 valence electrons. The Bertz CT molecular complexity index is 1150. The summed E-state index contributed by atoms with van der Waals surface area (Å²) in [6.45, 7) is 5.86. The summed E-state index contributed by atoms with van der Waals surface area (Å²) < 4.78 is 0. The van der Waals surface area contributed by atoms with Crippen molar-refractivity contribution in [1.82, 2.24) is 5.43 Å². The van der Waals surface area contributed by atoms with Gasteiger partial charge in [-0.3, -0.25) is 5.43 Å². The number of thiophene rings is 1. The van der Waals surface area contributed by atoms with Crippen LogP contribution in [0.25, 0.3) is 10.4 Å². The van der Waals surface area contributed by atoms with Crippen LogP contribution in [0, 0.1) is 13.8 Å². The fraction of sp³-hybridized carbons (Fsp3) is 0.136. The van der Waals surface area contributed by atoms with Gasteiger partial charge < -0.3 is 15.5 Å². The van der Waals surface area contributed by atoms with E-state index in [1.54, 1.807) is 19.1 Å². The first-order valence-electron chi connectivity index (χ1n) is 9.09. The number of benzene rings is 2. The number of aromatic hydroxyl groups is 1. The van der Waals surface area contributed by atoms with Gasteiger partial charge in [-0.1, -0.05) is 24.3 Å². The Kier molecular flexibility index (Phi) is 6.49. The number of hydrazone groups is 1. The average Bonchev–Trinajstić information content (AvgIpc) is 3.10. The minimum Gasteiger partial charge on any atom is -0.506 e. The maximum atomic E-state index is 11.1. The van der Waals surface area contributed by atoms with Crippen molar-refractivity contribution in [3.63, 3.8) is 0 Å². The summed E-state index contributed by atoms with van der Waals surface area (Å²) in [6.07, 6.45) is 0. The van der Waals surface area contributed by atoms with Crippen LogP contribution in [0.1, 0.15) is 34.0 Å². The molecule has 0 aliphatic rings. The Morgan fingerprint density at radius 1 is 1.13 bits per heavy atom. The van der Waals surface area contributed by atoms with Gasteiger partial charge >= 0.3 is 5.97 Å². The molecule has 0 amide bonds. The lowest BCUT2D eigenvalue weighted by molar-refractivity contribution is 0.0697. The van der Waals surface area contributed by atoms with Crippen LogP contribution in [0.3, 0.4) is 0 Å². The van der Waals surface area contributed by atoms with Crippen LogP contribution in [-0.4, -0.2) is 27.0 Å². The molecule has 30 heavy (non-hydrogen) atoms. The number of nitrogens with one attached hydrogen (secondary N) is 2. The van der Waals surface area contributed by atoms with Gasteiger partial charge in [-0.25, -0.2) is 4.79 Å². The number of hydrogen-bond acceptors (Lipinski definition) is 5. The molecular formula is C22H21N3O3S2. The fourth-order valence-corrected chi connectivity index (χ4v) is 3.95. The zero-order valence-corrected chi connectivity index (χ0v) is 18.3. The molecule has 0 radical (unpaired) electrons. The second-order valence-electron chi connectivity index (χ2n) is 6.78. The van der Waals surface area contributed by atoms with Crippen molar-refractivity contribution in [1.29, 1.82) is 0 Å². The van der Waals surface area contributed by atoms with E-state index in [0.717, 1.165) is 16.0 Å². The highest BCUT2D eigenvalue weighted by Gasteiger charge is 2.15. The Hall–Kier alpha value is -3.23. The monoisotopic (exact) mass is 439 g/mol. The van der Waals surface area contributed by atoms with Crippen molar-refractivity contribution in [2.45, 2.75) is 20.8 Å². The number of rotatable bonds is 5. The zero-order chi connectivity index (χ0) is 21.8. The fourth-order valence-electron chi connectivity index (χ4n) is 2.78. The summed E-state index contributed by atoms with van der Waals surface area (Å²) in [5.41, 5.74) is 7.94. The van der Waals surface area contributed by atoms with Gasteiger partial charge in [0.05, 0.1) is 21.7 Å². The van der Waals surface area contributed by atoms with Crippen molar-refractivity contribution in [2.24, 2.45) is 5.10 Å². The Morgan fingerprint density at radius 3 is 2.60 bits per heavy atom. The number of carboxylic acids is 1. The number of hydrogen-bond donors (Lipinski definition) is 4. The third-order valence-electron chi connectivity index (χ3n) is 4.62. The highest BCUT2D eigenvalue weighted by Crippen LogP contribution is 2.39. The van der Waals surface area contributed by atoms with E-state index in [1.165, 1.54) is 29.0 Å². The number of anilines is 1. The molecule has 8 heteroatoms. The summed E-state index contributed by atoms with van der Waals surface area (Å²) in [5, 5.41) is 29.0. The molecule has 0 aliphatic heterocycles. The first kappa shape index (κ1) is 21.5. The van der Waals surface area contributed by atoms with E-state index in [1.807, 2.05) is 24.4 Å². The predicted octanol–water partition coefficient (Wildman–Crippen LogP) is 5.15. The standard InChI is InChI=1S/C22H21N3O3S2/c1-12-7-8-15(9-13(12)2)20-19(26)18(11-30-20)14(3)24-25-22(29)23-17-6-4-5-16(10-17)21(27)28/h4-11,26H,1-3H3,(H,27,28)(H2,23,25,29). The molecule has 0 bridgehead atoms. The zero-order valence-electron chi connectivity index (χ0n) is 16.7. The molecule has 0 fully saturated rings. The van der Waals surface area contributed by atoms with E-state index in [-0.39, 0.29) is 16.4 Å². The van der Waals surface area contributed by atoms with Gasteiger partial charge in [-0.15, -0.1) is 11.3 Å². The van der Waals surface area contributed by atoms with Crippen LogP contribution in [0.4, 0.5) is 5.69 Å². The molecule has 1 aromatic heterocycles. The van der Waals surface area contributed by atoms with Crippen LogP contribution in [0.15, 0.2) is 52.9 Å². The van der Waals surface area contributed by atoms with E-state index in [4.69, 9.17) is 17.3 Å². The van der Waals surface area contributed by atoms with Gasteiger partial charge in [0.25, 0.3) is 0 Å². The summed E-state index contributed by atoms with van der Waals surface area (Å²) in [4.78, 5) is 11.8. The molecule has 0 spiro atoms. The third kappa shape index (κ3) is 4.84. The summed E-state index contributed by atoms with van der Waals surface area (Å²) in [6, 6.07) is 12.4. The normalized spacial score (nSPS) is 11.2. The van der Waals surface area contributed by atoms with Crippen LogP contribution < -0.4 is 10.7 Å². The molecule has 2 aromatic carbocycles. The number of carbonyl (C=O) groups is 1. The molecule has 0 aliphatic carbocycles. The predicted molar refractivity (Wildman–Crippen MR) is 126 cm³/mol. The van der Waals surface area contributed by atoms with E-state index in [2.05, 4.69) is 28.8 Å². The molecular weight excluding hydrogens is 418 g/mol. The molecule has 0 saturated heterocycles. The van der Waals surface area contributed by atoms with Gasteiger partial charge in [-0.2, -0.15) is 5.10 Å². The second kappa shape index (κ2) is 9.06. The molecule has 3 rings (SSSR count). The van der Waals surface area contributed by atoms with Crippen molar-refractivity contribution < 1.29 is 15.0 Å². The maximum absolute atomic E-state index is 11.1. The molecule has 0 atom stereocenters. The van der Waals surface area contributed by atoms with Crippen molar-refractivity contribution in [3.05, 3.63) is 70.1 Å². The first-order valence-corrected chi connectivity index (χ1v) is 10.4. The number of aryl methyl sites for hydroxylation is 2. The second-order valence-corrected chi connectivity index (χ2v) is 8.06. The average molecular weight is 440 g/mol. The summed E-state index contributed by atoms with van der Waals surface area (Å²) in [5.74, 6) is -0.835. The number of nitrogens with zero attached hydrogens (tertiary/aromatic N) is 1. The van der Waals surface area contributed by atoms with E-state index in [0.29, 0.717) is 17.0 Å². The lowest BCUT2D eigenvalue weighted by Gasteiger charge is -2.09. The number of carboxylic acid groups (broad SMARTS) is 1. The molecule has 6 nitrogen and oxygen atoms in total. The van der Waals surface area contributed by atoms with Crippen molar-refractivity contribution >= 4 is 46.0 Å². The highest BCUT2D eigenvalue weighted by atomic mass is 32.1. The quantitative estimate of drug-likeness (QED) is 0.250.